The molecule has 1 atom stereocenters. The highest BCUT2D eigenvalue weighted by Crippen LogP contribution is 2.25. The summed E-state index contributed by atoms with van der Waals surface area (Å²) < 4.78 is 1.84. The molecule has 0 spiro atoms. The third-order valence-electron chi connectivity index (χ3n) is 4.47. The minimum absolute atomic E-state index is 0.714. The van der Waals surface area contributed by atoms with E-state index in [2.05, 4.69) is 40.9 Å². The Labute approximate surface area is 132 Å². The fourth-order valence-corrected chi connectivity index (χ4v) is 3.33. The lowest BCUT2D eigenvalue weighted by Gasteiger charge is -2.23. The van der Waals surface area contributed by atoms with Crippen molar-refractivity contribution in [3.8, 4) is 0 Å². The van der Waals surface area contributed by atoms with Gasteiger partial charge in [-0.15, -0.1) is 0 Å². The average Bonchev–Trinajstić information content (AvgIpc) is 3.05. The third kappa shape index (κ3) is 2.92. The van der Waals surface area contributed by atoms with Crippen molar-refractivity contribution in [3.63, 3.8) is 0 Å². The molecule has 3 heterocycles. The van der Waals surface area contributed by atoms with Crippen molar-refractivity contribution >= 4 is 16.9 Å². The predicted octanol–water partition coefficient (Wildman–Crippen LogP) is 1.70. The summed E-state index contributed by atoms with van der Waals surface area (Å²) in [5, 5.41) is 5.42. The topological polar surface area (TPSA) is 50.1 Å². The van der Waals surface area contributed by atoms with Gasteiger partial charge in [-0.3, -0.25) is 4.68 Å². The van der Waals surface area contributed by atoms with E-state index in [1.807, 2.05) is 17.9 Å². The molecule has 0 N–H and O–H groups in total. The van der Waals surface area contributed by atoms with Gasteiger partial charge in [0.05, 0.1) is 11.6 Å². The first-order valence-corrected chi connectivity index (χ1v) is 8.16. The molecule has 0 bridgehead atoms. The van der Waals surface area contributed by atoms with Crippen molar-refractivity contribution in [2.75, 3.05) is 38.6 Å². The van der Waals surface area contributed by atoms with Crippen molar-refractivity contribution in [1.29, 1.82) is 0 Å². The van der Waals surface area contributed by atoms with Gasteiger partial charge in [-0.2, -0.15) is 5.10 Å². The van der Waals surface area contributed by atoms with E-state index in [1.54, 1.807) is 0 Å². The van der Waals surface area contributed by atoms with E-state index in [0.29, 0.717) is 5.92 Å². The molecule has 1 fully saturated rings. The molecule has 1 aliphatic rings. The highest BCUT2D eigenvalue weighted by molar-refractivity contribution is 5.86. The first-order chi connectivity index (χ1) is 10.6. The summed E-state index contributed by atoms with van der Waals surface area (Å²) in [7, 11) is 6.28. The summed E-state index contributed by atoms with van der Waals surface area (Å²) in [6, 6.07) is 0. The predicted molar refractivity (Wildman–Crippen MR) is 89.2 cm³/mol. The van der Waals surface area contributed by atoms with Gasteiger partial charge >= 0.3 is 0 Å². The zero-order chi connectivity index (χ0) is 15.7. The normalized spacial score (nSPS) is 19.2. The summed E-state index contributed by atoms with van der Waals surface area (Å²) in [4.78, 5) is 14.2. The Morgan fingerprint density at radius 1 is 1.32 bits per heavy atom. The van der Waals surface area contributed by atoms with Gasteiger partial charge in [0.1, 0.15) is 11.6 Å². The van der Waals surface area contributed by atoms with Crippen molar-refractivity contribution in [2.24, 2.45) is 13.0 Å². The second-order valence-electron chi connectivity index (χ2n) is 6.52. The van der Waals surface area contributed by atoms with Crippen LogP contribution in [-0.2, 0) is 13.5 Å². The lowest BCUT2D eigenvalue weighted by Crippen LogP contribution is -2.28. The molecule has 120 valence electrons. The molecule has 3 rings (SSSR count). The number of hydrogen-bond acceptors (Lipinski definition) is 5. The third-order valence-corrected chi connectivity index (χ3v) is 4.47. The van der Waals surface area contributed by atoms with Crippen molar-refractivity contribution in [1.82, 2.24) is 24.6 Å². The quantitative estimate of drug-likeness (QED) is 0.841. The summed E-state index contributed by atoms with van der Waals surface area (Å²) in [6.07, 6.45) is 5.12. The van der Waals surface area contributed by atoms with Gasteiger partial charge in [-0.25, -0.2) is 9.97 Å². The van der Waals surface area contributed by atoms with Crippen LogP contribution in [-0.4, -0.2) is 58.4 Å². The molecular weight excluding hydrogens is 276 g/mol. The second-order valence-corrected chi connectivity index (χ2v) is 6.52. The van der Waals surface area contributed by atoms with Crippen molar-refractivity contribution < 1.29 is 0 Å². The van der Waals surface area contributed by atoms with Crippen LogP contribution in [0.15, 0.2) is 6.20 Å². The van der Waals surface area contributed by atoms with E-state index in [4.69, 9.17) is 4.98 Å². The van der Waals surface area contributed by atoms with Crippen LogP contribution < -0.4 is 4.90 Å². The van der Waals surface area contributed by atoms with E-state index in [-0.39, 0.29) is 0 Å². The lowest BCUT2D eigenvalue weighted by atomic mass is 10.1. The van der Waals surface area contributed by atoms with Crippen LogP contribution in [0, 0.1) is 5.92 Å². The number of anilines is 1. The highest BCUT2D eigenvalue weighted by atomic mass is 15.3. The highest BCUT2D eigenvalue weighted by Gasteiger charge is 2.23. The number of likely N-dealkylation sites (tertiary alicyclic amines) is 1. The molecule has 1 aliphatic heterocycles. The van der Waals surface area contributed by atoms with Crippen LogP contribution in [0.4, 0.5) is 5.82 Å². The Morgan fingerprint density at radius 2 is 2.14 bits per heavy atom. The van der Waals surface area contributed by atoms with Crippen LogP contribution in [0.2, 0.25) is 0 Å². The first-order valence-electron chi connectivity index (χ1n) is 8.16. The Kier molecular flexibility index (Phi) is 4.29. The van der Waals surface area contributed by atoms with E-state index in [1.165, 1.54) is 19.5 Å². The molecule has 0 unspecified atom stereocenters. The van der Waals surface area contributed by atoms with Crippen LogP contribution in [0.5, 0.6) is 0 Å². The Balaban J connectivity index is 1.90. The maximum absolute atomic E-state index is 4.81. The molecule has 0 aliphatic carbocycles. The van der Waals surface area contributed by atoms with Gasteiger partial charge < -0.3 is 9.80 Å². The molecule has 0 aromatic carbocycles. The number of rotatable bonds is 5. The smallest absolute Gasteiger partial charge is 0.163 e. The van der Waals surface area contributed by atoms with Gasteiger partial charge in [0.25, 0.3) is 0 Å². The molecule has 0 radical (unpaired) electrons. The van der Waals surface area contributed by atoms with E-state index in [9.17, 15) is 0 Å². The standard InChI is InChI=1S/C16H26N6/c1-5-6-14-18-15(13-9-17-22(4)16(13)19-14)21(3)11-12-7-8-20(2)10-12/h9,12H,5-8,10-11H2,1-4H3/t12-/m0/s1. The van der Waals surface area contributed by atoms with Crippen molar-refractivity contribution in [2.45, 2.75) is 26.2 Å². The number of nitrogens with zero attached hydrogens (tertiary/aromatic N) is 6. The zero-order valence-electron chi connectivity index (χ0n) is 14.1. The molecule has 2 aromatic heterocycles. The Hall–Kier alpha value is -1.69. The van der Waals surface area contributed by atoms with Crippen LogP contribution >= 0.6 is 0 Å². The minimum Gasteiger partial charge on any atom is -0.359 e. The monoisotopic (exact) mass is 302 g/mol. The largest absolute Gasteiger partial charge is 0.359 e. The van der Waals surface area contributed by atoms with E-state index < -0.39 is 0 Å². The summed E-state index contributed by atoms with van der Waals surface area (Å²) >= 11 is 0. The van der Waals surface area contributed by atoms with Crippen molar-refractivity contribution in [3.05, 3.63) is 12.0 Å². The number of aromatic nitrogens is 4. The van der Waals surface area contributed by atoms with Crippen LogP contribution in [0.1, 0.15) is 25.6 Å². The molecular formula is C16H26N6. The second kappa shape index (κ2) is 6.20. The van der Waals surface area contributed by atoms with Gasteiger partial charge in [-0.1, -0.05) is 6.92 Å². The molecule has 2 aromatic rings. The lowest BCUT2D eigenvalue weighted by molar-refractivity contribution is 0.395. The molecule has 0 saturated carbocycles. The Morgan fingerprint density at radius 3 is 2.82 bits per heavy atom. The molecule has 0 amide bonds. The fourth-order valence-electron chi connectivity index (χ4n) is 3.33. The van der Waals surface area contributed by atoms with E-state index >= 15 is 0 Å². The SMILES string of the molecule is CCCc1nc(N(C)C[C@H]2CCN(C)C2)c2cnn(C)c2n1. The first kappa shape index (κ1) is 15.2. The average molecular weight is 302 g/mol. The molecule has 1 saturated heterocycles. The number of hydrogen-bond donors (Lipinski definition) is 0. The van der Waals surface area contributed by atoms with Gasteiger partial charge in [0.2, 0.25) is 0 Å². The maximum atomic E-state index is 4.81. The summed E-state index contributed by atoms with van der Waals surface area (Å²) in [6.45, 7) is 5.57. The van der Waals surface area contributed by atoms with Crippen LogP contribution in [0.3, 0.4) is 0 Å². The maximum Gasteiger partial charge on any atom is 0.163 e. The van der Waals surface area contributed by atoms with Gasteiger partial charge in [0, 0.05) is 33.6 Å². The number of fused-ring (bicyclic) bond motifs is 1. The summed E-state index contributed by atoms with van der Waals surface area (Å²) in [5.74, 6) is 2.66. The molecule has 22 heavy (non-hydrogen) atoms. The zero-order valence-corrected chi connectivity index (χ0v) is 14.1. The Bertz CT molecular complexity index is 649. The molecule has 6 nitrogen and oxygen atoms in total. The fraction of sp³-hybridized carbons (Fsp3) is 0.688. The van der Waals surface area contributed by atoms with Gasteiger partial charge in [-0.05, 0) is 32.4 Å². The minimum atomic E-state index is 0.714. The van der Waals surface area contributed by atoms with E-state index in [0.717, 1.165) is 42.1 Å². The number of aryl methyl sites for hydroxylation is 2. The molecule has 6 heteroatoms. The van der Waals surface area contributed by atoms with Gasteiger partial charge in [0.15, 0.2) is 5.65 Å². The summed E-state index contributed by atoms with van der Waals surface area (Å²) in [5.41, 5.74) is 0.934. The van der Waals surface area contributed by atoms with Crippen LogP contribution in [0.25, 0.3) is 11.0 Å².